The minimum atomic E-state index is 0.0760. The van der Waals surface area contributed by atoms with Crippen molar-refractivity contribution in [2.24, 2.45) is 5.92 Å². The average Bonchev–Trinajstić information content (AvgIpc) is 3.01. The van der Waals surface area contributed by atoms with Crippen molar-refractivity contribution >= 4 is 17.3 Å². The zero-order valence-corrected chi connectivity index (χ0v) is 15.1. The smallest absolute Gasteiger partial charge is 0.229 e. The summed E-state index contributed by atoms with van der Waals surface area (Å²) in [5.74, 6) is 0.211. The molecule has 2 unspecified atom stereocenters. The summed E-state index contributed by atoms with van der Waals surface area (Å²) in [5.41, 5.74) is 3.43. The number of hydrogen-bond acceptors (Lipinski definition) is 4. The number of nitrogens with zero attached hydrogens (tertiary/aromatic N) is 2. The first-order valence-electron chi connectivity index (χ1n) is 9.20. The van der Waals surface area contributed by atoms with Crippen molar-refractivity contribution in [1.29, 1.82) is 0 Å². The van der Waals surface area contributed by atoms with Crippen LogP contribution in [0.25, 0.3) is 0 Å². The lowest BCUT2D eigenvalue weighted by Gasteiger charge is -2.36. The Morgan fingerprint density at radius 3 is 2.62 bits per heavy atom. The summed E-state index contributed by atoms with van der Waals surface area (Å²) in [4.78, 5) is 17.4. The summed E-state index contributed by atoms with van der Waals surface area (Å²) in [6.45, 7) is 12.9. The van der Waals surface area contributed by atoms with Crippen molar-refractivity contribution in [3.8, 4) is 0 Å². The van der Waals surface area contributed by atoms with Crippen LogP contribution < -0.4 is 15.5 Å². The third kappa shape index (κ3) is 3.73. The fraction of sp³-hybridized carbons (Fsp3) is 0.632. The summed E-state index contributed by atoms with van der Waals surface area (Å²) in [5, 5.41) is 6.43. The SMILES string of the molecule is CCN1CCN(c2ccc(NC(=O)C3CCNC3C)cc2C)CC1. The summed E-state index contributed by atoms with van der Waals surface area (Å²) >= 11 is 0. The lowest BCUT2D eigenvalue weighted by molar-refractivity contribution is -0.119. The van der Waals surface area contributed by atoms with Crippen molar-refractivity contribution in [1.82, 2.24) is 10.2 Å². The molecule has 0 aliphatic carbocycles. The molecule has 2 aliphatic heterocycles. The zero-order valence-electron chi connectivity index (χ0n) is 15.1. The van der Waals surface area contributed by atoms with E-state index >= 15 is 0 Å². The minimum Gasteiger partial charge on any atom is -0.369 e. The summed E-state index contributed by atoms with van der Waals surface area (Å²) in [6, 6.07) is 6.56. The molecule has 24 heavy (non-hydrogen) atoms. The van der Waals surface area contributed by atoms with Crippen LogP contribution >= 0.6 is 0 Å². The van der Waals surface area contributed by atoms with Gasteiger partial charge in [-0.25, -0.2) is 0 Å². The van der Waals surface area contributed by atoms with Gasteiger partial charge in [-0.15, -0.1) is 0 Å². The van der Waals surface area contributed by atoms with Crippen molar-refractivity contribution < 1.29 is 4.79 Å². The van der Waals surface area contributed by atoms with Gasteiger partial charge < -0.3 is 20.4 Å². The molecule has 5 heteroatoms. The van der Waals surface area contributed by atoms with E-state index in [9.17, 15) is 4.79 Å². The lowest BCUT2D eigenvalue weighted by atomic mass is 10.0. The maximum absolute atomic E-state index is 12.4. The van der Waals surface area contributed by atoms with Crippen LogP contribution in [-0.2, 0) is 4.79 Å². The molecule has 2 aliphatic rings. The van der Waals surface area contributed by atoms with E-state index < -0.39 is 0 Å². The Morgan fingerprint density at radius 1 is 1.29 bits per heavy atom. The number of amides is 1. The van der Waals surface area contributed by atoms with Gasteiger partial charge in [0.15, 0.2) is 0 Å². The predicted octanol–water partition coefficient (Wildman–Crippen LogP) is 2.07. The van der Waals surface area contributed by atoms with Crippen LogP contribution in [-0.4, -0.2) is 56.1 Å². The first kappa shape index (κ1) is 17.2. The third-order valence-corrected chi connectivity index (χ3v) is 5.49. The van der Waals surface area contributed by atoms with Crippen molar-refractivity contribution in [3.05, 3.63) is 23.8 Å². The fourth-order valence-electron chi connectivity index (χ4n) is 3.84. The molecular formula is C19H30N4O. The first-order chi connectivity index (χ1) is 11.6. The molecule has 2 heterocycles. The van der Waals surface area contributed by atoms with Gasteiger partial charge >= 0.3 is 0 Å². The number of rotatable bonds is 4. The van der Waals surface area contributed by atoms with E-state index in [-0.39, 0.29) is 17.9 Å². The Kier molecular flexibility index (Phi) is 5.41. The molecule has 2 saturated heterocycles. The number of carbonyl (C=O) groups excluding carboxylic acids is 1. The Morgan fingerprint density at radius 2 is 2.04 bits per heavy atom. The predicted molar refractivity (Wildman–Crippen MR) is 99.7 cm³/mol. The number of nitrogens with one attached hydrogen (secondary N) is 2. The standard InChI is InChI=1S/C19H30N4O/c1-4-22-9-11-23(12-10-22)18-6-5-16(13-14(18)2)21-19(24)17-7-8-20-15(17)3/h5-6,13,15,17,20H,4,7-12H2,1-3H3,(H,21,24). The van der Waals surface area contributed by atoms with Crippen LogP contribution in [0.3, 0.4) is 0 Å². The van der Waals surface area contributed by atoms with Crippen LogP contribution in [0.2, 0.25) is 0 Å². The van der Waals surface area contributed by atoms with Crippen LogP contribution in [0.15, 0.2) is 18.2 Å². The number of likely N-dealkylation sites (N-methyl/N-ethyl adjacent to an activating group) is 1. The van der Waals surface area contributed by atoms with E-state index in [1.54, 1.807) is 0 Å². The number of anilines is 2. The first-order valence-corrected chi connectivity index (χ1v) is 9.20. The van der Waals surface area contributed by atoms with Crippen molar-refractivity contribution in [2.45, 2.75) is 33.2 Å². The van der Waals surface area contributed by atoms with Crippen LogP contribution in [0.4, 0.5) is 11.4 Å². The van der Waals surface area contributed by atoms with Crippen LogP contribution in [0.1, 0.15) is 25.8 Å². The maximum atomic E-state index is 12.4. The molecule has 1 aromatic carbocycles. The van der Waals surface area contributed by atoms with Crippen molar-refractivity contribution in [2.75, 3.05) is 49.5 Å². The molecule has 2 atom stereocenters. The zero-order chi connectivity index (χ0) is 17.1. The second-order valence-corrected chi connectivity index (χ2v) is 7.05. The van der Waals surface area contributed by atoms with Gasteiger partial charge in [0.1, 0.15) is 0 Å². The van der Waals surface area contributed by atoms with Gasteiger partial charge in [-0.2, -0.15) is 0 Å². The average molecular weight is 330 g/mol. The molecule has 0 bridgehead atoms. The quantitative estimate of drug-likeness (QED) is 0.887. The summed E-state index contributed by atoms with van der Waals surface area (Å²) in [6.07, 6.45) is 0.922. The van der Waals surface area contributed by atoms with Gasteiger partial charge in [0.2, 0.25) is 5.91 Å². The van der Waals surface area contributed by atoms with E-state index in [2.05, 4.69) is 53.3 Å². The van der Waals surface area contributed by atoms with Gasteiger partial charge in [-0.1, -0.05) is 6.92 Å². The molecule has 5 nitrogen and oxygen atoms in total. The highest BCUT2D eigenvalue weighted by molar-refractivity contribution is 5.93. The Balaban J connectivity index is 1.63. The molecule has 1 aromatic rings. The molecule has 2 N–H and O–H groups in total. The molecule has 1 amide bonds. The molecule has 3 rings (SSSR count). The summed E-state index contributed by atoms with van der Waals surface area (Å²) < 4.78 is 0. The molecule has 0 saturated carbocycles. The van der Waals surface area contributed by atoms with Crippen molar-refractivity contribution in [3.63, 3.8) is 0 Å². The second-order valence-electron chi connectivity index (χ2n) is 7.05. The third-order valence-electron chi connectivity index (χ3n) is 5.49. The minimum absolute atomic E-state index is 0.0760. The molecule has 0 aromatic heterocycles. The van der Waals surface area contributed by atoms with Gasteiger partial charge in [-0.3, -0.25) is 4.79 Å². The second kappa shape index (κ2) is 7.53. The number of benzene rings is 1. The highest BCUT2D eigenvalue weighted by Gasteiger charge is 2.29. The molecule has 2 fully saturated rings. The molecule has 0 radical (unpaired) electrons. The van der Waals surface area contributed by atoms with Gasteiger partial charge in [0, 0.05) is 43.6 Å². The van der Waals surface area contributed by atoms with Gasteiger partial charge in [-0.05, 0) is 57.1 Å². The lowest BCUT2D eigenvalue weighted by Crippen LogP contribution is -2.46. The van der Waals surface area contributed by atoms with E-state index in [1.807, 2.05) is 6.07 Å². The number of piperazine rings is 1. The summed E-state index contributed by atoms with van der Waals surface area (Å²) in [7, 11) is 0. The Labute approximate surface area is 145 Å². The number of aryl methyl sites for hydroxylation is 1. The van der Waals surface area contributed by atoms with E-state index in [1.165, 1.54) is 11.3 Å². The fourth-order valence-corrected chi connectivity index (χ4v) is 3.84. The highest BCUT2D eigenvalue weighted by Crippen LogP contribution is 2.26. The normalized spacial score (nSPS) is 25.0. The van der Waals surface area contributed by atoms with E-state index in [4.69, 9.17) is 0 Å². The van der Waals surface area contributed by atoms with Gasteiger partial charge in [0.05, 0.1) is 5.92 Å². The largest absolute Gasteiger partial charge is 0.369 e. The number of hydrogen-bond donors (Lipinski definition) is 2. The highest BCUT2D eigenvalue weighted by atomic mass is 16.1. The van der Waals surface area contributed by atoms with Crippen LogP contribution in [0.5, 0.6) is 0 Å². The van der Waals surface area contributed by atoms with E-state index in [0.29, 0.717) is 0 Å². The Hall–Kier alpha value is -1.59. The van der Waals surface area contributed by atoms with Crippen LogP contribution in [0, 0.1) is 12.8 Å². The molecular weight excluding hydrogens is 300 g/mol. The molecule has 132 valence electrons. The molecule has 0 spiro atoms. The maximum Gasteiger partial charge on any atom is 0.229 e. The Bertz CT molecular complexity index is 581. The monoisotopic (exact) mass is 330 g/mol. The number of carbonyl (C=O) groups is 1. The topological polar surface area (TPSA) is 47.6 Å². The van der Waals surface area contributed by atoms with E-state index in [0.717, 1.165) is 51.4 Å². The van der Waals surface area contributed by atoms with Gasteiger partial charge in [0.25, 0.3) is 0 Å².